The lowest BCUT2D eigenvalue weighted by molar-refractivity contribution is 0.0953. The summed E-state index contributed by atoms with van der Waals surface area (Å²) < 4.78 is 1.43. The van der Waals surface area contributed by atoms with E-state index in [-0.39, 0.29) is 11.5 Å². The minimum atomic E-state index is -0.195. The molecule has 1 aromatic rings. The molecule has 17 heavy (non-hydrogen) atoms. The highest BCUT2D eigenvalue weighted by atomic mass is 16.2. The molecule has 0 bridgehead atoms. The van der Waals surface area contributed by atoms with E-state index in [1.54, 1.807) is 19.3 Å². The number of nitrogens with zero attached hydrogens (tertiary/aromatic N) is 1. The number of aromatic nitrogens is 1. The molecule has 1 heterocycles. The van der Waals surface area contributed by atoms with E-state index < -0.39 is 0 Å². The maximum absolute atomic E-state index is 11.7. The summed E-state index contributed by atoms with van der Waals surface area (Å²) in [5.41, 5.74) is 0.238. The molecule has 0 spiro atoms. The van der Waals surface area contributed by atoms with Gasteiger partial charge in [0.2, 0.25) is 0 Å². The SMILES string of the molecule is CCNCCCNC(=O)c1ccn(C)c(=O)c1. The molecule has 5 heteroatoms. The number of hydrogen-bond donors (Lipinski definition) is 2. The lowest BCUT2D eigenvalue weighted by Crippen LogP contribution is -2.28. The van der Waals surface area contributed by atoms with Crippen LogP contribution in [0.4, 0.5) is 0 Å². The number of nitrogens with one attached hydrogen (secondary N) is 2. The minimum absolute atomic E-state index is 0.176. The molecular formula is C12H19N3O2. The van der Waals surface area contributed by atoms with E-state index in [1.165, 1.54) is 10.6 Å². The van der Waals surface area contributed by atoms with Gasteiger partial charge in [-0.1, -0.05) is 6.92 Å². The van der Waals surface area contributed by atoms with Crippen LogP contribution in [0.3, 0.4) is 0 Å². The molecule has 0 aliphatic carbocycles. The zero-order valence-electron chi connectivity index (χ0n) is 10.3. The molecule has 0 saturated heterocycles. The topological polar surface area (TPSA) is 63.1 Å². The van der Waals surface area contributed by atoms with Crippen LogP contribution in [0.25, 0.3) is 0 Å². The van der Waals surface area contributed by atoms with Crippen molar-refractivity contribution in [2.24, 2.45) is 7.05 Å². The van der Waals surface area contributed by atoms with E-state index in [4.69, 9.17) is 0 Å². The van der Waals surface area contributed by atoms with Crippen molar-refractivity contribution in [3.05, 3.63) is 34.2 Å². The second-order valence-electron chi connectivity index (χ2n) is 3.83. The molecule has 0 saturated carbocycles. The largest absolute Gasteiger partial charge is 0.352 e. The third kappa shape index (κ3) is 4.40. The molecule has 0 atom stereocenters. The van der Waals surface area contributed by atoms with Crippen LogP contribution in [0.5, 0.6) is 0 Å². The zero-order chi connectivity index (χ0) is 12.7. The summed E-state index contributed by atoms with van der Waals surface area (Å²) in [5.74, 6) is -0.195. The average molecular weight is 237 g/mol. The second kappa shape index (κ2) is 6.85. The van der Waals surface area contributed by atoms with E-state index in [0.29, 0.717) is 12.1 Å². The van der Waals surface area contributed by atoms with Crippen LogP contribution >= 0.6 is 0 Å². The Labute approximate surface area is 101 Å². The van der Waals surface area contributed by atoms with E-state index in [0.717, 1.165) is 19.5 Å². The fraction of sp³-hybridized carbons (Fsp3) is 0.500. The monoisotopic (exact) mass is 237 g/mol. The average Bonchev–Trinajstić information content (AvgIpc) is 2.32. The van der Waals surface area contributed by atoms with Crippen molar-refractivity contribution in [3.63, 3.8) is 0 Å². The first-order valence-electron chi connectivity index (χ1n) is 5.80. The number of aryl methyl sites for hydroxylation is 1. The Morgan fingerprint density at radius 3 is 2.82 bits per heavy atom. The molecule has 1 amide bonds. The fourth-order valence-electron chi connectivity index (χ4n) is 1.38. The van der Waals surface area contributed by atoms with Gasteiger partial charge in [-0.15, -0.1) is 0 Å². The van der Waals surface area contributed by atoms with Gasteiger partial charge in [0.15, 0.2) is 0 Å². The summed E-state index contributed by atoms with van der Waals surface area (Å²) in [6, 6.07) is 2.99. The van der Waals surface area contributed by atoms with Crippen LogP contribution in [0.15, 0.2) is 23.1 Å². The number of pyridine rings is 1. The van der Waals surface area contributed by atoms with Crippen LogP contribution in [0.1, 0.15) is 23.7 Å². The Bertz CT molecular complexity index is 426. The van der Waals surface area contributed by atoms with Crippen LogP contribution < -0.4 is 16.2 Å². The summed E-state index contributed by atoms with van der Waals surface area (Å²) in [6.07, 6.45) is 2.47. The minimum Gasteiger partial charge on any atom is -0.352 e. The van der Waals surface area contributed by atoms with Gasteiger partial charge >= 0.3 is 0 Å². The molecule has 94 valence electrons. The van der Waals surface area contributed by atoms with Gasteiger partial charge in [-0.25, -0.2) is 0 Å². The first-order chi connectivity index (χ1) is 8.15. The Morgan fingerprint density at radius 1 is 1.41 bits per heavy atom. The highest BCUT2D eigenvalue weighted by molar-refractivity contribution is 5.93. The van der Waals surface area contributed by atoms with Crippen molar-refractivity contribution in [1.82, 2.24) is 15.2 Å². The molecule has 0 aliphatic rings. The van der Waals surface area contributed by atoms with E-state index in [9.17, 15) is 9.59 Å². The van der Waals surface area contributed by atoms with E-state index >= 15 is 0 Å². The van der Waals surface area contributed by atoms with E-state index in [1.807, 2.05) is 6.92 Å². The quantitative estimate of drug-likeness (QED) is 0.691. The maximum Gasteiger partial charge on any atom is 0.251 e. The van der Waals surface area contributed by atoms with Crippen LogP contribution in [0, 0.1) is 0 Å². The summed E-state index contributed by atoms with van der Waals surface area (Å²) >= 11 is 0. The highest BCUT2D eigenvalue weighted by Gasteiger charge is 2.05. The van der Waals surface area contributed by atoms with Gasteiger partial charge in [0.25, 0.3) is 11.5 Å². The Morgan fingerprint density at radius 2 is 2.18 bits per heavy atom. The van der Waals surface area contributed by atoms with Crippen molar-refractivity contribution in [3.8, 4) is 0 Å². The highest BCUT2D eigenvalue weighted by Crippen LogP contribution is 1.93. The lowest BCUT2D eigenvalue weighted by atomic mass is 10.2. The molecule has 0 radical (unpaired) electrons. The molecule has 1 aromatic heterocycles. The molecule has 1 rings (SSSR count). The third-order valence-corrected chi connectivity index (χ3v) is 2.43. The summed E-state index contributed by atoms with van der Waals surface area (Å²) in [7, 11) is 1.65. The predicted molar refractivity (Wildman–Crippen MR) is 67.2 cm³/mol. The first kappa shape index (κ1) is 13.4. The van der Waals surface area contributed by atoms with Crippen molar-refractivity contribution in [2.45, 2.75) is 13.3 Å². The fourth-order valence-corrected chi connectivity index (χ4v) is 1.38. The first-order valence-corrected chi connectivity index (χ1v) is 5.80. The van der Waals surface area contributed by atoms with Crippen molar-refractivity contribution in [1.29, 1.82) is 0 Å². The number of hydrogen-bond acceptors (Lipinski definition) is 3. The van der Waals surface area contributed by atoms with Gasteiger partial charge in [-0.2, -0.15) is 0 Å². The number of rotatable bonds is 6. The van der Waals surface area contributed by atoms with Crippen molar-refractivity contribution < 1.29 is 4.79 Å². The van der Waals surface area contributed by atoms with Gasteiger partial charge in [-0.3, -0.25) is 9.59 Å². The van der Waals surface area contributed by atoms with Crippen LogP contribution in [0.2, 0.25) is 0 Å². The smallest absolute Gasteiger partial charge is 0.251 e. The standard InChI is InChI=1S/C12H19N3O2/c1-3-13-6-4-7-14-12(17)10-5-8-15(2)11(16)9-10/h5,8-9,13H,3-4,6-7H2,1-2H3,(H,14,17). The number of amides is 1. The van der Waals surface area contributed by atoms with Gasteiger partial charge < -0.3 is 15.2 Å². The van der Waals surface area contributed by atoms with Gasteiger partial charge in [0, 0.05) is 31.4 Å². The summed E-state index contributed by atoms with van der Waals surface area (Å²) in [6.45, 7) is 4.47. The molecule has 2 N–H and O–H groups in total. The molecule has 0 unspecified atom stereocenters. The second-order valence-corrected chi connectivity index (χ2v) is 3.83. The van der Waals surface area contributed by atoms with Crippen LogP contribution in [-0.4, -0.2) is 30.1 Å². The number of carbonyl (C=O) groups excluding carboxylic acids is 1. The van der Waals surface area contributed by atoms with E-state index in [2.05, 4.69) is 10.6 Å². The van der Waals surface area contributed by atoms with Gasteiger partial charge in [0.1, 0.15) is 0 Å². The Hall–Kier alpha value is -1.62. The molecule has 0 aliphatic heterocycles. The normalized spacial score (nSPS) is 10.2. The summed E-state index contributed by atoms with van der Waals surface area (Å²) in [5, 5.41) is 5.95. The zero-order valence-corrected chi connectivity index (χ0v) is 10.3. The van der Waals surface area contributed by atoms with Gasteiger partial charge in [0.05, 0.1) is 0 Å². The van der Waals surface area contributed by atoms with Crippen molar-refractivity contribution >= 4 is 5.91 Å². The molecular weight excluding hydrogens is 218 g/mol. The van der Waals surface area contributed by atoms with Crippen LogP contribution in [-0.2, 0) is 7.05 Å². The Balaban J connectivity index is 2.42. The third-order valence-electron chi connectivity index (χ3n) is 2.43. The lowest BCUT2D eigenvalue weighted by Gasteiger charge is -2.05. The summed E-state index contributed by atoms with van der Waals surface area (Å²) in [4.78, 5) is 23.0. The Kier molecular flexibility index (Phi) is 5.42. The van der Waals surface area contributed by atoms with Crippen molar-refractivity contribution in [2.75, 3.05) is 19.6 Å². The predicted octanol–water partition coefficient (Wildman–Crippen LogP) is 0.115. The molecule has 0 fully saturated rings. The molecule has 0 aromatic carbocycles. The number of carbonyl (C=O) groups is 1. The maximum atomic E-state index is 11.7. The van der Waals surface area contributed by atoms with Gasteiger partial charge in [-0.05, 0) is 25.6 Å². The molecule has 5 nitrogen and oxygen atoms in total.